The van der Waals surface area contributed by atoms with Gasteiger partial charge in [0, 0.05) is 15.6 Å². The van der Waals surface area contributed by atoms with Crippen LogP contribution in [0.3, 0.4) is 0 Å². The zero-order valence-corrected chi connectivity index (χ0v) is 11.8. The van der Waals surface area contributed by atoms with Gasteiger partial charge in [-0.1, -0.05) is 35.3 Å². The summed E-state index contributed by atoms with van der Waals surface area (Å²) in [6.07, 6.45) is 0. The van der Waals surface area contributed by atoms with Gasteiger partial charge < -0.3 is 0 Å². The average Bonchev–Trinajstić information content (AvgIpc) is 2.32. The number of benzene rings is 2. The van der Waals surface area contributed by atoms with E-state index in [1.54, 1.807) is 18.2 Å². The summed E-state index contributed by atoms with van der Waals surface area (Å²) in [7, 11) is 0. The molecule has 0 aliphatic carbocycles. The van der Waals surface area contributed by atoms with Gasteiger partial charge in [0.2, 0.25) is 0 Å². The number of aryl methyl sites for hydroxylation is 1. The van der Waals surface area contributed by atoms with Crippen LogP contribution in [0.2, 0.25) is 10.0 Å². The highest BCUT2D eigenvalue weighted by Crippen LogP contribution is 2.34. The highest BCUT2D eigenvalue weighted by atomic mass is 35.5. The van der Waals surface area contributed by atoms with Crippen molar-refractivity contribution in [2.24, 2.45) is 5.84 Å². The Kier molecular flexibility index (Phi) is 4.42. The molecule has 0 aliphatic rings. The molecule has 3 N–H and O–H groups in total. The zero-order chi connectivity index (χ0) is 14.0. The Labute approximate surface area is 121 Å². The third-order valence-corrected chi connectivity index (χ3v) is 3.51. The van der Waals surface area contributed by atoms with Gasteiger partial charge in [-0.3, -0.25) is 5.84 Å². The van der Waals surface area contributed by atoms with E-state index >= 15 is 0 Å². The van der Waals surface area contributed by atoms with Gasteiger partial charge in [0.1, 0.15) is 5.82 Å². The van der Waals surface area contributed by atoms with Crippen molar-refractivity contribution in [3.8, 4) is 0 Å². The molecule has 0 aliphatic heterocycles. The Morgan fingerprint density at radius 1 is 1.16 bits per heavy atom. The van der Waals surface area contributed by atoms with Crippen molar-refractivity contribution in [3.63, 3.8) is 0 Å². The van der Waals surface area contributed by atoms with Crippen LogP contribution in [0.15, 0.2) is 36.4 Å². The highest BCUT2D eigenvalue weighted by molar-refractivity contribution is 6.36. The lowest BCUT2D eigenvalue weighted by Gasteiger charge is -2.20. The summed E-state index contributed by atoms with van der Waals surface area (Å²) in [5.41, 5.74) is 4.75. The molecule has 0 aromatic heterocycles. The summed E-state index contributed by atoms with van der Waals surface area (Å²) in [4.78, 5) is 0. The molecule has 0 saturated carbocycles. The molecule has 19 heavy (non-hydrogen) atoms. The molecular weight excluding hydrogens is 286 g/mol. The van der Waals surface area contributed by atoms with Gasteiger partial charge >= 0.3 is 0 Å². The summed E-state index contributed by atoms with van der Waals surface area (Å²) < 4.78 is 13.5. The van der Waals surface area contributed by atoms with Gasteiger partial charge in [-0.05, 0) is 42.3 Å². The smallest absolute Gasteiger partial charge is 0.123 e. The predicted octanol–water partition coefficient (Wildman–Crippen LogP) is 3.99. The monoisotopic (exact) mass is 298 g/mol. The molecular formula is C14H13Cl2FN2. The van der Waals surface area contributed by atoms with E-state index < -0.39 is 6.04 Å². The Balaban J connectivity index is 2.56. The molecule has 0 fully saturated rings. The lowest BCUT2D eigenvalue weighted by molar-refractivity contribution is 0.604. The fourth-order valence-electron chi connectivity index (χ4n) is 2.06. The van der Waals surface area contributed by atoms with Crippen LogP contribution in [-0.4, -0.2) is 0 Å². The van der Waals surface area contributed by atoms with Gasteiger partial charge in [-0.2, -0.15) is 0 Å². The number of hydrogen-bond acceptors (Lipinski definition) is 2. The van der Waals surface area contributed by atoms with Crippen LogP contribution < -0.4 is 11.3 Å². The Bertz CT molecular complexity index is 561. The average molecular weight is 299 g/mol. The number of nitrogens with one attached hydrogen (secondary N) is 1. The van der Waals surface area contributed by atoms with Crippen LogP contribution in [0.5, 0.6) is 0 Å². The zero-order valence-electron chi connectivity index (χ0n) is 10.3. The molecule has 2 nitrogen and oxygen atoms in total. The van der Waals surface area contributed by atoms with E-state index in [4.69, 9.17) is 29.0 Å². The molecule has 1 unspecified atom stereocenters. The van der Waals surface area contributed by atoms with Gasteiger partial charge in [-0.15, -0.1) is 0 Å². The molecule has 0 bridgehead atoms. The summed E-state index contributed by atoms with van der Waals surface area (Å²) in [5, 5.41) is 0.967. The number of nitrogens with two attached hydrogens (primary N) is 1. The van der Waals surface area contributed by atoms with E-state index in [0.29, 0.717) is 21.2 Å². The Morgan fingerprint density at radius 3 is 2.32 bits per heavy atom. The van der Waals surface area contributed by atoms with Crippen LogP contribution in [-0.2, 0) is 0 Å². The minimum atomic E-state index is -0.462. The predicted molar refractivity (Wildman–Crippen MR) is 76.8 cm³/mol. The van der Waals surface area contributed by atoms with Gasteiger partial charge in [-0.25, -0.2) is 9.82 Å². The van der Waals surface area contributed by atoms with Crippen molar-refractivity contribution in [3.05, 3.63) is 69.0 Å². The normalized spacial score (nSPS) is 12.5. The van der Waals surface area contributed by atoms with Crippen LogP contribution in [0.4, 0.5) is 4.39 Å². The van der Waals surface area contributed by atoms with Crippen molar-refractivity contribution in [2.75, 3.05) is 0 Å². The van der Waals surface area contributed by atoms with Gasteiger partial charge in [0.05, 0.1) is 6.04 Å². The van der Waals surface area contributed by atoms with E-state index in [2.05, 4.69) is 5.43 Å². The minimum absolute atomic E-state index is 0.321. The topological polar surface area (TPSA) is 38.0 Å². The van der Waals surface area contributed by atoms with Crippen LogP contribution >= 0.6 is 23.2 Å². The molecule has 5 heteroatoms. The minimum Gasteiger partial charge on any atom is -0.271 e. The second-order valence-electron chi connectivity index (χ2n) is 4.30. The van der Waals surface area contributed by atoms with Crippen molar-refractivity contribution < 1.29 is 4.39 Å². The molecule has 2 rings (SSSR count). The first kappa shape index (κ1) is 14.3. The molecule has 0 heterocycles. The lowest BCUT2D eigenvalue weighted by atomic mass is 9.97. The number of halogens is 3. The standard InChI is InChI=1S/C14H13Cl2FN2/c1-8-5-9(7-10(17)6-8)14(19-18)13-11(15)3-2-4-12(13)16/h2-7,14,19H,18H2,1H3. The maximum Gasteiger partial charge on any atom is 0.123 e. The highest BCUT2D eigenvalue weighted by Gasteiger charge is 2.19. The summed E-state index contributed by atoms with van der Waals surface area (Å²) in [6.45, 7) is 1.81. The van der Waals surface area contributed by atoms with Crippen molar-refractivity contribution in [1.82, 2.24) is 5.43 Å². The maximum absolute atomic E-state index is 13.5. The quantitative estimate of drug-likeness (QED) is 0.664. The second kappa shape index (κ2) is 5.88. The first-order valence-corrected chi connectivity index (χ1v) is 6.45. The molecule has 0 spiro atoms. The molecule has 100 valence electrons. The number of hydrogen-bond donors (Lipinski definition) is 2. The van der Waals surface area contributed by atoms with Gasteiger partial charge in [0.25, 0.3) is 0 Å². The number of rotatable bonds is 3. The van der Waals surface area contributed by atoms with Crippen LogP contribution in [0.25, 0.3) is 0 Å². The first-order valence-electron chi connectivity index (χ1n) is 5.70. The summed E-state index contributed by atoms with van der Waals surface area (Å²) in [5.74, 6) is 5.26. The largest absolute Gasteiger partial charge is 0.271 e. The SMILES string of the molecule is Cc1cc(F)cc(C(NN)c2c(Cl)cccc2Cl)c1. The second-order valence-corrected chi connectivity index (χ2v) is 5.11. The van der Waals surface area contributed by atoms with Crippen molar-refractivity contribution >= 4 is 23.2 Å². The van der Waals surface area contributed by atoms with Crippen molar-refractivity contribution in [2.45, 2.75) is 13.0 Å². The Morgan fingerprint density at radius 2 is 1.79 bits per heavy atom. The molecule has 2 aromatic rings. The van der Waals surface area contributed by atoms with E-state index in [1.165, 1.54) is 12.1 Å². The van der Waals surface area contributed by atoms with Crippen LogP contribution in [0, 0.1) is 12.7 Å². The third-order valence-electron chi connectivity index (χ3n) is 2.85. The maximum atomic E-state index is 13.5. The van der Waals surface area contributed by atoms with E-state index in [1.807, 2.05) is 13.0 Å². The van der Waals surface area contributed by atoms with E-state index in [0.717, 1.165) is 5.56 Å². The Hall–Kier alpha value is -1.13. The number of hydrazine groups is 1. The molecule has 1 atom stereocenters. The fraction of sp³-hybridized carbons (Fsp3) is 0.143. The van der Waals surface area contributed by atoms with Gasteiger partial charge in [0.15, 0.2) is 0 Å². The summed E-state index contributed by atoms with van der Waals surface area (Å²) >= 11 is 12.3. The third kappa shape index (κ3) is 3.07. The fourth-order valence-corrected chi connectivity index (χ4v) is 2.68. The van der Waals surface area contributed by atoms with Crippen LogP contribution in [0.1, 0.15) is 22.7 Å². The molecule has 2 aromatic carbocycles. The summed E-state index contributed by atoms with van der Waals surface area (Å²) in [6, 6.07) is 9.43. The molecule has 0 saturated heterocycles. The van der Waals surface area contributed by atoms with Crippen molar-refractivity contribution in [1.29, 1.82) is 0 Å². The molecule has 0 amide bonds. The molecule has 0 radical (unpaired) electrons. The lowest BCUT2D eigenvalue weighted by Crippen LogP contribution is -2.29. The van der Waals surface area contributed by atoms with E-state index in [9.17, 15) is 4.39 Å². The van der Waals surface area contributed by atoms with E-state index in [-0.39, 0.29) is 5.82 Å². The first-order chi connectivity index (χ1) is 9.02.